The van der Waals surface area contributed by atoms with Crippen LogP contribution in [0.5, 0.6) is 0 Å². The van der Waals surface area contributed by atoms with Crippen molar-refractivity contribution in [2.45, 2.75) is 26.6 Å². The number of aromatic nitrogens is 1. The molecule has 3 nitrogen and oxygen atoms in total. The third kappa shape index (κ3) is 5.57. The largest absolute Gasteiger partial charge is 0.416 e. The lowest BCUT2D eigenvalue weighted by molar-refractivity contribution is -0.137. The Kier molecular flexibility index (Phi) is 6.98. The van der Waals surface area contributed by atoms with Crippen LogP contribution in [0, 0.1) is 12.7 Å². The summed E-state index contributed by atoms with van der Waals surface area (Å²) >= 11 is 6.23. The van der Waals surface area contributed by atoms with Crippen LogP contribution in [0.25, 0.3) is 16.9 Å². The molecule has 0 atom stereocenters. The molecule has 35 heavy (non-hydrogen) atoms. The van der Waals surface area contributed by atoms with Crippen LogP contribution in [0.2, 0.25) is 5.02 Å². The molecule has 0 fully saturated rings. The zero-order valence-corrected chi connectivity index (χ0v) is 19.7. The van der Waals surface area contributed by atoms with E-state index in [4.69, 9.17) is 16.4 Å². The molecule has 8 heteroatoms. The Labute approximate surface area is 205 Å². The summed E-state index contributed by atoms with van der Waals surface area (Å²) in [5.74, 6) is -0.332. The Morgan fingerprint density at radius 1 is 0.971 bits per heavy atom. The summed E-state index contributed by atoms with van der Waals surface area (Å²) in [7, 11) is 0. The van der Waals surface area contributed by atoms with Crippen molar-refractivity contribution in [2.75, 3.05) is 0 Å². The van der Waals surface area contributed by atoms with E-state index in [0.29, 0.717) is 16.3 Å². The molecular formula is C27H21ClF4N2O. The molecule has 0 amide bonds. The highest BCUT2D eigenvalue weighted by molar-refractivity contribution is 6.30. The molecule has 0 unspecified atom stereocenters. The fraction of sp³-hybridized carbons (Fsp3) is 0.148. The molecule has 4 rings (SSSR count). The van der Waals surface area contributed by atoms with Gasteiger partial charge in [-0.1, -0.05) is 35.0 Å². The molecule has 0 radical (unpaired) electrons. The first-order valence-electron chi connectivity index (χ1n) is 10.7. The number of benzene rings is 3. The lowest BCUT2D eigenvalue weighted by atomic mass is 10.1. The van der Waals surface area contributed by atoms with Crippen molar-refractivity contribution >= 4 is 17.3 Å². The molecule has 4 aromatic rings. The summed E-state index contributed by atoms with van der Waals surface area (Å²) in [5.41, 5.74) is 4.55. The van der Waals surface area contributed by atoms with Crippen LogP contribution in [0.1, 0.15) is 29.3 Å². The van der Waals surface area contributed by atoms with Crippen LogP contribution in [0.15, 0.2) is 84.0 Å². The molecular weight excluding hydrogens is 480 g/mol. The third-order valence-electron chi connectivity index (χ3n) is 5.56. The highest BCUT2D eigenvalue weighted by Crippen LogP contribution is 2.32. The standard InChI is InChI=1S/C27H21ClF4N2O/c1-17(33-35-16-19-6-10-21(11-7-19)27(30,31)32)25-15-26(20-8-12-23(29)13-9-20)34(18(25)2)24-5-3-4-22(28)14-24/h3-15H,16H2,1-2H3/b33-17-. The lowest BCUT2D eigenvalue weighted by Gasteiger charge is -2.13. The average molecular weight is 501 g/mol. The molecule has 180 valence electrons. The summed E-state index contributed by atoms with van der Waals surface area (Å²) in [4.78, 5) is 5.44. The minimum absolute atomic E-state index is 0.0222. The molecule has 0 saturated heterocycles. The molecule has 0 N–H and O–H groups in total. The van der Waals surface area contributed by atoms with Gasteiger partial charge in [-0.3, -0.25) is 0 Å². The van der Waals surface area contributed by atoms with Crippen molar-refractivity contribution in [3.05, 3.63) is 112 Å². The van der Waals surface area contributed by atoms with Gasteiger partial charge in [-0.05, 0) is 85.6 Å². The summed E-state index contributed by atoms with van der Waals surface area (Å²) < 4.78 is 53.8. The van der Waals surface area contributed by atoms with E-state index in [9.17, 15) is 17.6 Å². The molecule has 0 bridgehead atoms. The van der Waals surface area contributed by atoms with E-state index in [2.05, 4.69) is 5.16 Å². The third-order valence-corrected chi connectivity index (χ3v) is 5.79. The number of alkyl halides is 3. The van der Waals surface area contributed by atoms with Gasteiger partial charge in [0.2, 0.25) is 0 Å². The molecule has 1 heterocycles. The zero-order valence-electron chi connectivity index (χ0n) is 18.9. The van der Waals surface area contributed by atoms with E-state index < -0.39 is 11.7 Å². The van der Waals surface area contributed by atoms with Gasteiger partial charge in [0.1, 0.15) is 12.4 Å². The van der Waals surface area contributed by atoms with Gasteiger partial charge in [0, 0.05) is 22.0 Å². The minimum Gasteiger partial charge on any atom is -0.391 e. The zero-order chi connectivity index (χ0) is 25.2. The number of oxime groups is 1. The normalized spacial score (nSPS) is 12.1. The molecule has 0 saturated carbocycles. The Morgan fingerprint density at radius 2 is 1.66 bits per heavy atom. The van der Waals surface area contributed by atoms with Crippen LogP contribution in [-0.4, -0.2) is 10.3 Å². The van der Waals surface area contributed by atoms with Crippen LogP contribution in [0.3, 0.4) is 0 Å². The Morgan fingerprint density at radius 3 is 2.29 bits per heavy atom. The Bertz CT molecular complexity index is 1360. The predicted octanol–water partition coefficient (Wildman–Crippen LogP) is 8.20. The fourth-order valence-electron chi connectivity index (χ4n) is 3.80. The van der Waals surface area contributed by atoms with Gasteiger partial charge in [0.15, 0.2) is 0 Å². The second kappa shape index (κ2) is 9.96. The second-order valence-corrected chi connectivity index (χ2v) is 8.43. The molecule has 0 aliphatic carbocycles. The summed E-state index contributed by atoms with van der Waals surface area (Å²) in [6.07, 6.45) is -4.38. The van der Waals surface area contributed by atoms with Gasteiger partial charge in [-0.15, -0.1) is 0 Å². The van der Waals surface area contributed by atoms with Crippen LogP contribution >= 0.6 is 11.6 Å². The Hall–Kier alpha value is -3.58. The SMILES string of the molecule is C/C(=N/OCc1ccc(C(F)(F)F)cc1)c1cc(-c2ccc(F)cc2)n(-c2cccc(Cl)c2)c1C. The van der Waals surface area contributed by atoms with Gasteiger partial charge < -0.3 is 9.40 Å². The summed E-state index contributed by atoms with van der Waals surface area (Å²) in [5, 5.41) is 4.77. The van der Waals surface area contributed by atoms with E-state index >= 15 is 0 Å². The highest BCUT2D eigenvalue weighted by Gasteiger charge is 2.29. The van der Waals surface area contributed by atoms with Crippen LogP contribution in [-0.2, 0) is 17.6 Å². The van der Waals surface area contributed by atoms with Gasteiger partial charge in [-0.2, -0.15) is 13.2 Å². The predicted molar refractivity (Wildman–Crippen MR) is 129 cm³/mol. The maximum absolute atomic E-state index is 13.5. The topological polar surface area (TPSA) is 26.5 Å². The van der Waals surface area contributed by atoms with Crippen LogP contribution < -0.4 is 0 Å². The first kappa shape index (κ1) is 24.5. The molecule has 0 aliphatic heterocycles. The van der Waals surface area contributed by atoms with E-state index in [0.717, 1.165) is 40.3 Å². The van der Waals surface area contributed by atoms with Gasteiger partial charge in [0.25, 0.3) is 0 Å². The smallest absolute Gasteiger partial charge is 0.391 e. The number of rotatable bonds is 6. The molecule has 1 aromatic heterocycles. The minimum atomic E-state index is -4.38. The molecule has 3 aromatic carbocycles. The van der Waals surface area contributed by atoms with Crippen molar-refractivity contribution < 1.29 is 22.4 Å². The maximum atomic E-state index is 13.5. The second-order valence-electron chi connectivity index (χ2n) is 8.00. The quantitative estimate of drug-likeness (QED) is 0.149. The molecule has 0 spiro atoms. The highest BCUT2D eigenvalue weighted by atomic mass is 35.5. The van der Waals surface area contributed by atoms with Gasteiger partial charge in [0.05, 0.1) is 17.0 Å². The van der Waals surface area contributed by atoms with Crippen molar-refractivity contribution in [3.63, 3.8) is 0 Å². The van der Waals surface area contributed by atoms with E-state index in [1.165, 1.54) is 24.3 Å². The summed E-state index contributed by atoms with van der Waals surface area (Å²) in [6, 6.07) is 20.3. The monoisotopic (exact) mass is 500 g/mol. The Balaban J connectivity index is 1.64. The number of nitrogens with zero attached hydrogens (tertiary/aromatic N) is 2. The fourth-order valence-corrected chi connectivity index (χ4v) is 3.98. The maximum Gasteiger partial charge on any atom is 0.416 e. The van der Waals surface area contributed by atoms with Crippen molar-refractivity contribution in [3.8, 4) is 16.9 Å². The molecule has 0 aliphatic rings. The van der Waals surface area contributed by atoms with Crippen LogP contribution in [0.4, 0.5) is 17.6 Å². The van der Waals surface area contributed by atoms with Crippen molar-refractivity contribution in [2.24, 2.45) is 5.16 Å². The average Bonchev–Trinajstić information content (AvgIpc) is 3.16. The summed E-state index contributed by atoms with van der Waals surface area (Å²) in [6.45, 7) is 3.73. The first-order valence-corrected chi connectivity index (χ1v) is 11.1. The van der Waals surface area contributed by atoms with Crippen molar-refractivity contribution in [1.82, 2.24) is 4.57 Å². The van der Waals surface area contributed by atoms with Gasteiger partial charge in [-0.25, -0.2) is 4.39 Å². The van der Waals surface area contributed by atoms with E-state index in [1.807, 2.05) is 35.8 Å². The number of hydrogen-bond acceptors (Lipinski definition) is 2. The van der Waals surface area contributed by atoms with Gasteiger partial charge >= 0.3 is 6.18 Å². The van der Waals surface area contributed by atoms with Crippen molar-refractivity contribution in [1.29, 1.82) is 0 Å². The van der Waals surface area contributed by atoms with E-state index in [1.54, 1.807) is 25.1 Å². The number of hydrogen-bond donors (Lipinski definition) is 0. The lowest BCUT2D eigenvalue weighted by Crippen LogP contribution is -2.04. The first-order chi connectivity index (χ1) is 16.6. The number of halogens is 5. The van der Waals surface area contributed by atoms with E-state index in [-0.39, 0.29) is 12.4 Å².